The summed E-state index contributed by atoms with van der Waals surface area (Å²) in [6.45, 7) is 7.67. The Morgan fingerprint density at radius 2 is 1.97 bits per heavy atom. The lowest BCUT2D eigenvalue weighted by molar-refractivity contribution is -0.143. The molecule has 2 heterocycles. The second kappa shape index (κ2) is 9.25. The molecule has 1 amide bonds. The van der Waals surface area contributed by atoms with E-state index in [2.05, 4.69) is 10.1 Å². The summed E-state index contributed by atoms with van der Waals surface area (Å²) in [5, 5.41) is 4.34. The van der Waals surface area contributed by atoms with E-state index in [1.54, 1.807) is 40.4 Å². The maximum Gasteiger partial charge on any atom is 0.337 e. The van der Waals surface area contributed by atoms with Gasteiger partial charge in [-0.15, -0.1) is 0 Å². The molecule has 1 aromatic carbocycles. The molecule has 0 aliphatic carbocycles. The van der Waals surface area contributed by atoms with Crippen LogP contribution in [0.5, 0.6) is 0 Å². The largest absolute Gasteiger partial charge is 0.465 e. The van der Waals surface area contributed by atoms with Crippen LogP contribution in [0, 0.1) is 6.92 Å². The summed E-state index contributed by atoms with van der Waals surface area (Å²) in [5.74, 6) is -1.44. The molecule has 0 bridgehead atoms. The molecule has 0 aliphatic heterocycles. The van der Waals surface area contributed by atoms with Gasteiger partial charge >= 0.3 is 11.9 Å². The molecule has 31 heavy (non-hydrogen) atoms. The van der Waals surface area contributed by atoms with E-state index >= 15 is 0 Å². The second-order valence-corrected chi connectivity index (χ2v) is 8.09. The number of amides is 1. The normalized spacial score (nSPS) is 11.9. The highest BCUT2D eigenvalue weighted by Gasteiger charge is 2.17. The Balaban J connectivity index is 2.12. The molecule has 9 nitrogen and oxygen atoms in total. The second-order valence-electron chi connectivity index (χ2n) is 7.08. The van der Waals surface area contributed by atoms with Crippen molar-refractivity contribution in [3.05, 3.63) is 46.0 Å². The number of esters is 2. The standard InChI is InChI=1S/C21H24N4O5S/c1-6-30-18(26)11-24-16-8-7-14(20(28)29-5)10-17(16)31-21(24)22-19(27)15-9-13(4)25(23-15)12(2)3/h7-10,12H,6,11H2,1-5H3. The van der Waals surface area contributed by atoms with Crippen LogP contribution in [0.25, 0.3) is 10.2 Å². The fourth-order valence-corrected chi connectivity index (χ4v) is 4.22. The van der Waals surface area contributed by atoms with E-state index in [0.717, 1.165) is 5.69 Å². The zero-order chi connectivity index (χ0) is 22.7. The molecule has 164 valence electrons. The smallest absolute Gasteiger partial charge is 0.337 e. The first-order valence-electron chi connectivity index (χ1n) is 9.77. The number of hydrogen-bond donors (Lipinski definition) is 0. The van der Waals surface area contributed by atoms with E-state index in [1.165, 1.54) is 18.4 Å². The molecule has 10 heteroatoms. The first-order valence-corrected chi connectivity index (χ1v) is 10.6. The third-order valence-electron chi connectivity index (χ3n) is 4.52. The van der Waals surface area contributed by atoms with Crippen LogP contribution >= 0.6 is 11.3 Å². The predicted molar refractivity (Wildman–Crippen MR) is 115 cm³/mol. The molecule has 0 fully saturated rings. The number of carbonyl (C=O) groups is 3. The molecule has 0 saturated heterocycles. The lowest BCUT2D eigenvalue weighted by atomic mass is 10.2. The number of fused-ring (bicyclic) bond motifs is 1. The van der Waals surface area contributed by atoms with E-state index in [4.69, 9.17) is 9.47 Å². The quantitative estimate of drug-likeness (QED) is 0.542. The minimum atomic E-state index is -0.514. The number of methoxy groups -OCH3 is 1. The Hall–Kier alpha value is -3.27. The maximum atomic E-state index is 12.8. The number of carbonyl (C=O) groups excluding carboxylic acids is 3. The fourth-order valence-electron chi connectivity index (χ4n) is 3.15. The van der Waals surface area contributed by atoms with Crippen molar-refractivity contribution >= 4 is 39.4 Å². The Bertz CT molecular complexity index is 1220. The van der Waals surface area contributed by atoms with Crippen LogP contribution in [0.3, 0.4) is 0 Å². The Labute approximate surface area is 182 Å². The first-order chi connectivity index (χ1) is 14.7. The first kappa shape index (κ1) is 22.4. The summed E-state index contributed by atoms with van der Waals surface area (Å²) in [6, 6.07) is 6.73. The number of aromatic nitrogens is 3. The van der Waals surface area contributed by atoms with Gasteiger partial charge in [-0.05, 0) is 52.0 Å². The number of aryl methyl sites for hydroxylation is 1. The Morgan fingerprint density at radius 3 is 2.58 bits per heavy atom. The van der Waals surface area contributed by atoms with Crippen LogP contribution in [0.4, 0.5) is 0 Å². The minimum absolute atomic E-state index is 0.108. The zero-order valence-corrected chi connectivity index (χ0v) is 18.9. The van der Waals surface area contributed by atoms with Crippen LogP contribution < -0.4 is 4.80 Å². The van der Waals surface area contributed by atoms with E-state index in [9.17, 15) is 14.4 Å². The van der Waals surface area contributed by atoms with Crippen LogP contribution in [0.15, 0.2) is 29.3 Å². The van der Waals surface area contributed by atoms with Gasteiger partial charge in [0, 0.05) is 11.7 Å². The van der Waals surface area contributed by atoms with E-state index in [0.29, 0.717) is 20.6 Å². The summed E-state index contributed by atoms with van der Waals surface area (Å²) in [4.78, 5) is 41.4. The molecular formula is C21H24N4O5S. The van der Waals surface area contributed by atoms with Crippen LogP contribution in [0.2, 0.25) is 0 Å². The van der Waals surface area contributed by atoms with Gasteiger partial charge in [0.15, 0.2) is 10.5 Å². The predicted octanol–water partition coefficient (Wildman–Crippen LogP) is 2.88. The van der Waals surface area contributed by atoms with Gasteiger partial charge in [0.05, 0.1) is 29.5 Å². The fraction of sp³-hybridized carbons (Fsp3) is 0.381. The van der Waals surface area contributed by atoms with Crippen molar-refractivity contribution in [2.24, 2.45) is 4.99 Å². The van der Waals surface area contributed by atoms with Crippen LogP contribution in [-0.2, 0) is 20.8 Å². The van der Waals surface area contributed by atoms with Crippen molar-refractivity contribution in [3.8, 4) is 0 Å². The highest BCUT2D eigenvalue weighted by molar-refractivity contribution is 7.16. The number of rotatable bonds is 6. The topological polar surface area (TPSA) is 105 Å². The number of thiazole rings is 1. The molecule has 0 radical (unpaired) electrons. The molecule has 0 atom stereocenters. The zero-order valence-electron chi connectivity index (χ0n) is 18.0. The summed E-state index contributed by atoms with van der Waals surface area (Å²) >= 11 is 1.19. The summed E-state index contributed by atoms with van der Waals surface area (Å²) in [7, 11) is 1.31. The van der Waals surface area contributed by atoms with Gasteiger partial charge in [0.2, 0.25) is 0 Å². The SMILES string of the molecule is CCOC(=O)Cn1c(=NC(=O)c2cc(C)n(C(C)C)n2)sc2cc(C(=O)OC)ccc21. The molecule has 0 saturated carbocycles. The third kappa shape index (κ3) is 4.74. The Kier molecular flexibility index (Phi) is 6.69. The lowest BCUT2D eigenvalue weighted by Gasteiger charge is -2.06. The Morgan fingerprint density at radius 1 is 1.23 bits per heavy atom. The van der Waals surface area contributed by atoms with Crippen molar-refractivity contribution in [3.63, 3.8) is 0 Å². The molecule has 3 rings (SSSR count). The maximum absolute atomic E-state index is 12.8. The van der Waals surface area contributed by atoms with Gasteiger partial charge in [0.25, 0.3) is 5.91 Å². The third-order valence-corrected chi connectivity index (χ3v) is 5.57. The summed E-state index contributed by atoms with van der Waals surface area (Å²) in [6.07, 6.45) is 0. The van der Waals surface area contributed by atoms with E-state index in [-0.39, 0.29) is 24.9 Å². The van der Waals surface area contributed by atoms with Gasteiger partial charge in [-0.1, -0.05) is 11.3 Å². The van der Waals surface area contributed by atoms with Crippen molar-refractivity contribution in [1.82, 2.24) is 14.3 Å². The van der Waals surface area contributed by atoms with Crippen LogP contribution in [0.1, 0.15) is 53.4 Å². The van der Waals surface area contributed by atoms with Crippen molar-refractivity contribution < 1.29 is 23.9 Å². The molecule has 0 unspecified atom stereocenters. The van der Waals surface area contributed by atoms with Gasteiger partial charge in [-0.25, -0.2) is 4.79 Å². The highest BCUT2D eigenvalue weighted by atomic mass is 32.1. The van der Waals surface area contributed by atoms with Gasteiger partial charge < -0.3 is 14.0 Å². The minimum Gasteiger partial charge on any atom is -0.465 e. The van der Waals surface area contributed by atoms with Gasteiger partial charge in [-0.3, -0.25) is 14.3 Å². The molecule has 2 aromatic heterocycles. The molecule has 0 spiro atoms. The number of nitrogens with zero attached hydrogens (tertiary/aromatic N) is 4. The average Bonchev–Trinajstić information content (AvgIpc) is 3.28. The van der Waals surface area contributed by atoms with Gasteiger partial charge in [-0.2, -0.15) is 10.1 Å². The molecule has 0 N–H and O–H groups in total. The number of hydrogen-bond acceptors (Lipinski definition) is 7. The van der Waals surface area contributed by atoms with Crippen molar-refractivity contribution in [2.75, 3.05) is 13.7 Å². The number of benzene rings is 1. The average molecular weight is 445 g/mol. The molecular weight excluding hydrogens is 420 g/mol. The van der Waals surface area contributed by atoms with E-state index in [1.807, 2.05) is 20.8 Å². The monoisotopic (exact) mass is 444 g/mol. The van der Waals surface area contributed by atoms with Crippen molar-refractivity contribution in [1.29, 1.82) is 0 Å². The molecule has 3 aromatic rings. The summed E-state index contributed by atoms with van der Waals surface area (Å²) in [5.41, 5.74) is 2.10. The van der Waals surface area contributed by atoms with Crippen molar-refractivity contribution in [2.45, 2.75) is 40.3 Å². The number of ether oxygens (including phenoxy) is 2. The lowest BCUT2D eigenvalue weighted by Crippen LogP contribution is -2.23. The van der Waals surface area contributed by atoms with E-state index < -0.39 is 17.8 Å². The summed E-state index contributed by atoms with van der Waals surface area (Å²) < 4.78 is 13.9. The molecule has 0 aliphatic rings. The highest BCUT2D eigenvalue weighted by Crippen LogP contribution is 2.20. The van der Waals surface area contributed by atoms with Crippen LogP contribution in [-0.4, -0.2) is 45.9 Å². The van der Waals surface area contributed by atoms with Gasteiger partial charge in [0.1, 0.15) is 6.54 Å².